The van der Waals surface area contributed by atoms with Gasteiger partial charge in [0.05, 0.1) is 40.4 Å². The van der Waals surface area contributed by atoms with Gasteiger partial charge in [-0.05, 0) is 24.6 Å². The topological polar surface area (TPSA) is 171 Å². The van der Waals surface area contributed by atoms with Crippen LogP contribution < -0.4 is 16.6 Å². The molecule has 0 aliphatic carbocycles. The molecule has 35 heavy (non-hydrogen) atoms. The van der Waals surface area contributed by atoms with E-state index >= 15 is 0 Å². The van der Waals surface area contributed by atoms with E-state index in [0.29, 0.717) is 34.3 Å². The summed E-state index contributed by atoms with van der Waals surface area (Å²) in [5.74, 6) is -0.949. The van der Waals surface area contributed by atoms with Crippen molar-refractivity contribution in [1.29, 1.82) is 0 Å². The summed E-state index contributed by atoms with van der Waals surface area (Å²) in [6, 6.07) is 10.9. The van der Waals surface area contributed by atoms with Gasteiger partial charge >= 0.3 is 5.76 Å². The van der Waals surface area contributed by atoms with Crippen molar-refractivity contribution in [2.45, 2.75) is 19.4 Å². The van der Waals surface area contributed by atoms with Crippen LogP contribution in [0.5, 0.6) is 0 Å². The van der Waals surface area contributed by atoms with Gasteiger partial charge in [-0.25, -0.2) is 14.5 Å². The van der Waals surface area contributed by atoms with Crippen LogP contribution in [0.3, 0.4) is 0 Å². The van der Waals surface area contributed by atoms with Crippen LogP contribution in [0, 0.1) is 10.1 Å². The minimum absolute atomic E-state index is 0.0954. The number of oxazole rings is 1. The summed E-state index contributed by atoms with van der Waals surface area (Å²) >= 11 is 0. The summed E-state index contributed by atoms with van der Waals surface area (Å²) in [6.45, 7) is 0.190. The number of anilines is 1. The number of non-ortho nitro benzene ring substituents is 1. The minimum atomic E-state index is -0.653. The molecule has 1 amide bonds. The van der Waals surface area contributed by atoms with E-state index in [9.17, 15) is 24.5 Å². The highest BCUT2D eigenvalue weighted by Crippen LogP contribution is 2.23. The number of rotatable bonds is 7. The number of para-hydroxylation sites is 2. The zero-order valence-electron chi connectivity index (χ0n) is 18.0. The smallest absolute Gasteiger partial charge is 0.407 e. The molecule has 3 aromatic heterocycles. The molecule has 5 rings (SSSR count). The second kappa shape index (κ2) is 8.70. The Morgan fingerprint density at radius 2 is 2.03 bits per heavy atom. The molecule has 3 heterocycles. The van der Waals surface area contributed by atoms with E-state index in [2.05, 4.69) is 20.4 Å². The van der Waals surface area contributed by atoms with Gasteiger partial charge in [-0.3, -0.25) is 24.3 Å². The van der Waals surface area contributed by atoms with Gasteiger partial charge in [-0.15, -0.1) is 0 Å². The molecule has 0 radical (unpaired) electrons. The number of hydrogen-bond donors (Lipinski definition) is 2. The Kier molecular flexibility index (Phi) is 5.41. The number of nitrogens with one attached hydrogen (secondary N) is 2. The first kappa shape index (κ1) is 21.8. The van der Waals surface area contributed by atoms with Gasteiger partial charge < -0.3 is 14.7 Å². The number of H-pyrrole nitrogens is 1. The first-order valence-electron chi connectivity index (χ1n) is 10.5. The van der Waals surface area contributed by atoms with Crippen molar-refractivity contribution in [2.24, 2.45) is 0 Å². The fraction of sp³-hybridized carbons (Fsp3) is 0.136. The Morgan fingerprint density at radius 3 is 2.86 bits per heavy atom. The molecule has 0 aliphatic rings. The Balaban J connectivity index is 1.30. The third-order valence-electron chi connectivity index (χ3n) is 5.43. The van der Waals surface area contributed by atoms with Crippen molar-refractivity contribution in [3.63, 3.8) is 0 Å². The monoisotopic (exact) mass is 475 g/mol. The van der Waals surface area contributed by atoms with Crippen LogP contribution in [0.25, 0.3) is 27.8 Å². The fourth-order valence-electron chi connectivity index (χ4n) is 3.79. The largest absolute Gasteiger partial charge is 0.419 e. The normalized spacial score (nSPS) is 11.2. The lowest BCUT2D eigenvalue weighted by Crippen LogP contribution is -2.17. The van der Waals surface area contributed by atoms with Gasteiger partial charge in [0.1, 0.15) is 5.39 Å². The third kappa shape index (κ3) is 4.06. The average molecular weight is 475 g/mol. The van der Waals surface area contributed by atoms with Gasteiger partial charge in [-0.1, -0.05) is 12.1 Å². The van der Waals surface area contributed by atoms with E-state index in [1.54, 1.807) is 24.3 Å². The lowest BCUT2D eigenvalue weighted by molar-refractivity contribution is -0.384. The molecular formula is C22H17N7O6. The van der Waals surface area contributed by atoms with E-state index in [1.807, 2.05) is 0 Å². The molecular weight excluding hydrogens is 458 g/mol. The van der Waals surface area contributed by atoms with Gasteiger partial charge in [-0.2, -0.15) is 5.10 Å². The van der Waals surface area contributed by atoms with Crippen molar-refractivity contribution >= 4 is 39.4 Å². The summed E-state index contributed by atoms with van der Waals surface area (Å²) in [5.41, 5.74) is 1.39. The highest BCUT2D eigenvalue weighted by atomic mass is 16.6. The maximum absolute atomic E-state index is 12.7. The van der Waals surface area contributed by atoms with Gasteiger partial charge in [0.15, 0.2) is 11.2 Å². The molecule has 0 aliphatic heterocycles. The van der Waals surface area contributed by atoms with Crippen molar-refractivity contribution < 1.29 is 14.1 Å². The molecule has 0 fully saturated rings. The predicted molar refractivity (Wildman–Crippen MR) is 124 cm³/mol. The van der Waals surface area contributed by atoms with Crippen LogP contribution in [0.1, 0.15) is 12.8 Å². The number of aryl methyl sites for hydroxylation is 1. The first-order chi connectivity index (χ1) is 16.9. The van der Waals surface area contributed by atoms with Crippen LogP contribution in [0.15, 0.2) is 69.0 Å². The second-order valence-corrected chi connectivity index (χ2v) is 7.62. The van der Waals surface area contributed by atoms with E-state index in [0.717, 1.165) is 0 Å². The maximum atomic E-state index is 12.7. The zero-order valence-corrected chi connectivity index (χ0v) is 18.0. The van der Waals surface area contributed by atoms with Crippen LogP contribution in [0.4, 0.5) is 11.4 Å². The lowest BCUT2D eigenvalue weighted by Gasteiger charge is -2.11. The Hall–Kier alpha value is -5.07. The number of carbonyl (C=O) groups excluding carboxylic acids is 1. The molecule has 0 saturated heterocycles. The Labute approximate surface area is 194 Å². The molecule has 5 aromatic rings. The zero-order chi connectivity index (χ0) is 24.5. The molecule has 0 atom stereocenters. The number of hydrogen-bond acceptors (Lipinski definition) is 8. The number of nitro groups is 1. The summed E-state index contributed by atoms with van der Waals surface area (Å²) in [7, 11) is 0. The number of carbonyl (C=O) groups is 1. The van der Waals surface area contributed by atoms with E-state index < -0.39 is 10.7 Å². The van der Waals surface area contributed by atoms with Crippen molar-refractivity contribution in [3.8, 4) is 5.69 Å². The Bertz CT molecular complexity index is 1710. The van der Waals surface area contributed by atoms with E-state index in [-0.39, 0.29) is 35.7 Å². The van der Waals surface area contributed by atoms with Crippen molar-refractivity contribution in [2.75, 3.05) is 5.32 Å². The van der Waals surface area contributed by atoms with Gasteiger partial charge in [0.25, 0.3) is 11.2 Å². The molecule has 13 heteroatoms. The molecule has 176 valence electrons. The summed E-state index contributed by atoms with van der Waals surface area (Å²) < 4.78 is 7.91. The highest BCUT2D eigenvalue weighted by molar-refractivity contribution is 5.93. The number of amides is 1. The number of nitro benzene ring substituents is 1. The van der Waals surface area contributed by atoms with Crippen molar-refractivity contribution in [3.05, 3.63) is 86.0 Å². The molecule has 2 N–H and O–H groups in total. The van der Waals surface area contributed by atoms with Gasteiger partial charge in [0.2, 0.25) is 5.91 Å². The number of benzene rings is 2. The lowest BCUT2D eigenvalue weighted by atomic mass is 10.2. The number of aromatic nitrogens is 5. The number of nitrogens with zero attached hydrogens (tertiary/aromatic N) is 5. The van der Waals surface area contributed by atoms with Crippen LogP contribution in [0.2, 0.25) is 0 Å². The quantitative estimate of drug-likeness (QED) is 0.267. The van der Waals surface area contributed by atoms with Crippen LogP contribution in [-0.2, 0) is 11.3 Å². The maximum Gasteiger partial charge on any atom is 0.419 e. The predicted octanol–water partition coefficient (Wildman–Crippen LogP) is 2.34. The fourth-order valence-corrected chi connectivity index (χ4v) is 3.79. The van der Waals surface area contributed by atoms with E-state index in [4.69, 9.17) is 4.42 Å². The Morgan fingerprint density at radius 1 is 1.20 bits per heavy atom. The summed E-state index contributed by atoms with van der Waals surface area (Å²) in [6.07, 6.45) is 3.10. The SMILES string of the molecule is O=C(CCCn1c(=O)oc2cc([N+](=O)[O-])ccc21)Nc1ccccc1-n1ncc2c(=O)[nH]cnc21. The molecule has 13 nitrogen and oxygen atoms in total. The standard InChI is InChI=1S/C22H17N7O6/c30-19(6-3-9-27-17-8-7-13(29(33)34)10-18(17)35-22(27)32)26-15-4-1-2-5-16(15)28-20-14(11-25-28)21(31)24-12-23-20/h1-2,4-5,7-8,10-12H,3,6,9H2,(H,26,30)(H,23,24,31). The second-order valence-electron chi connectivity index (χ2n) is 7.62. The molecule has 0 unspecified atom stereocenters. The minimum Gasteiger partial charge on any atom is -0.407 e. The first-order valence-corrected chi connectivity index (χ1v) is 10.5. The van der Waals surface area contributed by atoms with Crippen molar-refractivity contribution in [1.82, 2.24) is 24.3 Å². The summed E-state index contributed by atoms with van der Waals surface area (Å²) in [4.78, 5) is 53.8. The summed E-state index contributed by atoms with van der Waals surface area (Å²) in [5, 5.41) is 18.3. The number of fused-ring (bicyclic) bond motifs is 2. The van der Waals surface area contributed by atoms with Crippen LogP contribution >= 0.6 is 0 Å². The molecule has 0 saturated carbocycles. The highest BCUT2D eigenvalue weighted by Gasteiger charge is 2.16. The van der Waals surface area contributed by atoms with Gasteiger partial charge in [0, 0.05) is 19.0 Å². The third-order valence-corrected chi connectivity index (χ3v) is 5.43. The molecule has 0 bridgehead atoms. The van der Waals surface area contributed by atoms with E-state index in [1.165, 1.54) is 40.0 Å². The van der Waals surface area contributed by atoms with Crippen LogP contribution in [-0.4, -0.2) is 35.1 Å². The number of aromatic amines is 1. The average Bonchev–Trinajstić information content (AvgIpc) is 3.40. The molecule has 0 spiro atoms. The molecule has 2 aromatic carbocycles.